The number of anilines is 1. The van der Waals surface area contributed by atoms with Crippen LogP contribution in [0.25, 0.3) is 11.3 Å². The van der Waals surface area contributed by atoms with Gasteiger partial charge in [0.2, 0.25) is 0 Å². The minimum Gasteiger partial charge on any atom is -0.396 e. The van der Waals surface area contributed by atoms with E-state index in [1.165, 1.54) is 16.9 Å². The van der Waals surface area contributed by atoms with Gasteiger partial charge in [0.05, 0.1) is 23.5 Å². The third kappa shape index (κ3) is 3.13. The number of nitrogens with zero attached hydrogens (tertiary/aromatic N) is 2. The second-order valence-corrected chi connectivity index (χ2v) is 6.68. The van der Waals surface area contributed by atoms with Crippen LogP contribution in [0.15, 0.2) is 24.4 Å². The molecule has 0 saturated heterocycles. The Hall–Kier alpha value is -1.96. The molecule has 0 aliphatic carbocycles. The molecule has 0 bridgehead atoms. The first kappa shape index (κ1) is 14.4. The van der Waals surface area contributed by atoms with Crippen LogP contribution in [0.1, 0.15) is 0 Å². The molecule has 108 valence electrons. The van der Waals surface area contributed by atoms with Gasteiger partial charge in [0.25, 0.3) is 0 Å². The van der Waals surface area contributed by atoms with Crippen LogP contribution in [-0.4, -0.2) is 30.2 Å². The summed E-state index contributed by atoms with van der Waals surface area (Å²) in [6, 6.07) is 3.45. The summed E-state index contributed by atoms with van der Waals surface area (Å²) in [7, 11) is -3.16. The van der Waals surface area contributed by atoms with Crippen molar-refractivity contribution < 1.29 is 17.2 Å². The number of hydrogen-bond acceptors (Lipinski definition) is 4. The summed E-state index contributed by atoms with van der Waals surface area (Å²) in [6.45, 7) is 0.0686. The summed E-state index contributed by atoms with van der Waals surface area (Å²) in [5, 5.41) is 3.95. The Labute approximate surface area is 114 Å². The molecule has 2 rings (SSSR count). The molecule has 0 aliphatic rings. The standard InChI is InChI=1S/C12H13F2N3O2S/c1-20(18,19)6-5-17-7-10(15)12(16-17)11-8(13)3-2-4-9(11)14/h2-4,7H,5-6,15H2,1H3. The van der Waals surface area contributed by atoms with Crippen molar-refractivity contribution in [2.75, 3.05) is 17.7 Å². The third-order valence-electron chi connectivity index (χ3n) is 2.68. The minimum absolute atomic E-state index is 0.0332. The number of aromatic nitrogens is 2. The Morgan fingerprint density at radius 3 is 2.45 bits per heavy atom. The zero-order valence-electron chi connectivity index (χ0n) is 10.7. The molecule has 0 spiro atoms. The Morgan fingerprint density at radius 1 is 1.30 bits per heavy atom. The van der Waals surface area contributed by atoms with Gasteiger partial charge in [-0.3, -0.25) is 4.68 Å². The molecule has 0 saturated carbocycles. The van der Waals surface area contributed by atoms with Crippen LogP contribution < -0.4 is 5.73 Å². The van der Waals surface area contributed by atoms with Gasteiger partial charge in [0, 0.05) is 12.5 Å². The maximum absolute atomic E-state index is 13.7. The average molecular weight is 301 g/mol. The summed E-state index contributed by atoms with van der Waals surface area (Å²) in [4.78, 5) is 0. The van der Waals surface area contributed by atoms with Crippen LogP contribution in [-0.2, 0) is 16.4 Å². The van der Waals surface area contributed by atoms with Crippen molar-refractivity contribution in [3.63, 3.8) is 0 Å². The molecule has 0 amide bonds. The maximum atomic E-state index is 13.7. The number of rotatable bonds is 4. The van der Waals surface area contributed by atoms with Gasteiger partial charge < -0.3 is 5.73 Å². The number of benzene rings is 1. The zero-order valence-corrected chi connectivity index (χ0v) is 11.5. The summed E-state index contributed by atoms with van der Waals surface area (Å²) >= 11 is 0. The topological polar surface area (TPSA) is 78.0 Å². The van der Waals surface area contributed by atoms with Crippen molar-refractivity contribution in [1.82, 2.24) is 9.78 Å². The first-order valence-electron chi connectivity index (χ1n) is 5.73. The van der Waals surface area contributed by atoms with Crippen LogP contribution >= 0.6 is 0 Å². The van der Waals surface area contributed by atoms with Crippen molar-refractivity contribution in [1.29, 1.82) is 0 Å². The second-order valence-electron chi connectivity index (χ2n) is 4.42. The monoisotopic (exact) mass is 301 g/mol. The largest absolute Gasteiger partial charge is 0.396 e. The van der Waals surface area contributed by atoms with Crippen molar-refractivity contribution >= 4 is 15.5 Å². The lowest BCUT2D eigenvalue weighted by Crippen LogP contribution is -2.11. The van der Waals surface area contributed by atoms with E-state index >= 15 is 0 Å². The molecule has 0 radical (unpaired) electrons. The second kappa shape index (κ2) is 5.20. The Morgan fingerprint density at radius 2 is 1.90 bits per heavy atom. The fourth-order valence-corrected chi connectivity index (χ4v) is 2.25. The molecule has 1 heterocycles. The van der Waals surface area contributed by atoms with Gasteiger partial charge in [0.1, 0.15) is 27.2 Å². The Balaban J connectivity index is 2.37. The van der Waals surface area contributed by atoms with E-state index in [4.69, 9.17) is 5.73 Å². The molecule has 0 unspecified atom stereocenters. The van der Waals surface area contributed by atoms with Crippen LogP contribution in [0, 0.1) is 11.6 Å². The highest BCUT2D eigenvalue weighted by atomic mass is 32.2. The summed E-state index contributed by atoms with van der Waals surface area (Å²) in [6.07, 6.45) is 2.45. The van der Waals surface area contributed by atoms with E-state index in [1.807, 2.05) is 0 Å². The first-order chi connectivity index (χ1) is 9.28. The van der Waals surface area contributed by atoms with Crippen molar-refractivity contribution in [3.05, 3.63) is 36.0 Å². The number of halogens is 2. The predicted octanol–water partition coefficient (Wildman–Crippen LogP) is 1.46. The molecular formula is C12H13F2N3O2S. The molecule has 2 N–H and O–H groups in total. The van der Waals surface area contributed by atoms with E-state index in [9.17, 15) is 17.2 Å². The third-order valence-corrected chi connectivity index (χ3v) is 3.60. The molecular weight excluding hydrogens is 288 g/mol. The molecule has 0 atom stereocenters. The summed E-state index contributed by atoms with van der Waals surface area (Å²) < 4.78 is 50.7. The van der Waals surface area contributed by atoms with Gasteiger partial charge in [-0.1, -0.05) is 6.07 Å². The molecule has 1 aromatic heterocycles. The van der Waals surface area contributed by atoms with Gasteiger partial charge in [-0.15, -0.1) is 0 Å². The summed E-state index contributed by atoms with van der Waals surface area (Å²) in [5.41, 5.74) is 5.42. The SMILES string of the molecule is CS(=O)(=O)CCn1cc(N)c(-c2c(F)cccc2F)n1. The van der Waals surface area contributed by atoms with Gasteiger partial charge >= 0.3 is 0 Å². The lowest BCUT2D eigenvalue weighted by Gasteiger charge is -2.02. The van der Waals surface area contributed by atoms with Gasteiger partial charge in [-0.05, 0) is 12.1 Å². The van der Waals surface area contributed by atoms with E-state index in [-0.39, 0.29) is 29.2 Å². The molecule has 5 nitrogen and oxygen atoms in total. The molecule has 0 aliphatic heterocycles. The zero-order chi connectivity index (χ0) is 14.9. The molecule has 1 aromatic carbocycles. The Bertz CT molecular complexity index is 721. The van der Waals surface area contributed by atoms with Crippen LogP contribution in [0.2, 0.25) is 0 Å². The van der Waals surface area contributed by atoms with Crippen LogP contribution in [0.4, 0.5) is 14.5 Å². The van der Waals surface area contributed by atoms with E-state index in [2.05, 4.69) is 5.10 Å². The normalized spacial score (nSPS) is 11.8. The predicted molar refractivity (Wildman–Crippen MR) is 71.7 cm³/mol. The quantitative estimate of drug-likeness (QED) is 0.927. The highest BCUT2D eigenvalue weighted by molar-refractivity contribution is 7.90. The number of aryl methyl sites for hydroxylation is 1. The molecule has 2 aromatic rings. The van der Waals surface area contributed by atoms with Gasteiger partial charge in [0.15, 0.2) is 0 Å². The van der Waals surface area contributed by atoms with E-state index in [1.54, 1.807) is 0 Å². The van der Waals surface area contributed by atoms with E-state index in [0.29, 0.717) is 0 Å². The van der Waals surface area contributed by atoms with Gasteiger partial charge in [-0.25, -0.2) is 17.2 Å². The maximum Gasteiger partial charge on any atom is 0.149 e. The van der Waals surface area contributed by atoms with Crippen molar-refractivity contribution in [2.45, 2.75) is 6.54 Å². The lowest BCUT2D eigenvalue weighted by molar-refractivity contribution is 0.580. The average Bonchev–Trinajstić information content (AvgIpc) is 2.67. The number of sulfone groups is 1. The summed E-state index contributed by atoms with van der Waals surface area (Å²) in [5.74, 6) is -1.68. The number of hydrogen-bond donors (Lipinski definition) is 1. The minimum atomic E-state index is -3.16. The van der Waals surface area contributed by atoms with Gasteiger partial charge in [-0.2, -0.15) is 5.10 Å². The van der Waals surface area contributed by atoms with Crippen LogP contribution in [0.5, 0.6) is 0 Å². The fraction of sp³-hybridized carbons (Fsp3) is 0.250. The fourth-order valence-electron chi connectivity index (χ4n) is 1.73. The van der Waals surface area contributed by atoms with Crippen molar-refractivity contribution in [2.24, 2.45) is 0 Å². The van der Waals surface area contributed by atoms with Crippen LogP contribution in [0.3, 0.4) is 0 Å². The highest BCUT2D eigenvalue weighted by Crippen LogP contribution is 2.29. The Kier molecular flexibility index (Phi) is 3.76. The first-order valence-corrected chi connectivity index (χ1v) is 7.79. The molecule has 20 heavy (non-hydrogen) atoms. The van der Waals surface area contributed by atoms with E-state index < -0.39 is 21.5 Å². The van der Waals surface area contributed by atoms with E-state index in [0.717, 1.165) is 18.4 Å². The number of nitrogen functional groups attached to an aromatic ring is 1. The molecule has 0 fully saturated rings. The highest BCUT2D eigenvalue weighted by Gasteiger charge is 2.17. The lowest BCUT2D eigenvalue weighted by atomic mass is 10.1. The van der Waals surface area contributed by atoms with Crippen molar-refractivity contribution in [3.8, 4) is 11.3 Å². The smallest absolute Gasteiger partial charge is 0.149 e. The number of nitrogens with two attached hydrogens (primary N) is 1. The molecule has 8 heteroatoms.